The van der Waals surface area contributed by atoms with Crippen LogP contribution in [0.3, 0.4) is 0 Å². The van der Waals surface area contributed by atoms with Crippen LogP contribution >= 0.6 is 11.6 Å². The van der Waals surface area contributed by atoms with Gasteiger partial charge in [-0.3, -0.25) is 4.79 Å². The first kappa shape index (κ1) is 32.5. The van der Waals surface area contributed by atoms with E-state index in [0.29, 0.717) is 62.3 Å². The second kappa shape index (κ2) is 14.8. The summed E-state index contributed by atoms with van der Waals surface area (Å²) in [6.07, 6.45) is 2.10. The summed E-state index contributed by atoms with van der Waals surface area (Å²) in [4.78, 5) is 26.9. The Kier molecular flexibility index (Phi) is 11.2. The van der Waals surface area contributed by atoms with Gasteiger partial charge in [-0.05, 0) is 86.5 Å². The number of ether oxygens (including phenoxy) is 1. The van der Waals surface area contributed by atoms with E-state index >= 15 is 4.39 Å². The fraction of sp³-hybridized carbons (Fsp3) is 0.412. The number of alkyl carbamates (subject to hydrolysis) is 1. The van der Waals surface area contributed by atoms with E-state index in [0.717, 1.165) is 22.3 Å². The highest BCUT2D eigenvalue weighted by Gasteiger charge is 2.43. The van der Waals surface area contributed by atoms with Crippen molar-refractivity contribution in [2.75, 3.05) is 33.8 Å². The number of amides is 2. The maximum atomic E-state index is 15.0. The molecule has 1 fully saturated rings. The number of hydrogen-bond donors (Lipinski definition) is 3. The molecule has 2 amide bonds. The minimum atomic E-state index is -1.37. The molecule has 0 bridgehead atoms. The van der Waals surface area contributed by atoms with Crippen molar-refractivity contribution in [2.45, 2.75) is 51.2 Å². The number of nitrogens with one attached hydrogen (secondary N) is 2. The average molecular weight is 610 g/mol. The van der Waals surface area contributed by atoms with E-state index in [1.165, 1.54) is 19.2 Å². The lowest BCUT2D eigenvalue weighted by atomic mass is 9.72. The molecule has 7 nitrogen and oxygen atoms in total. The zero-order chi connectivity index (χ0) is 31.0. The molecule has 0 aromatic heterocycles. The van der Waals surface area contributed by atoms with Crippen LogP contribution in [0.1, 0.15) is 63.9 Å². The molecule has 0 aliphatic carbocycles. The zero-order valence-corrected chi connectivity index (χ0v) is 25.8. The largest absolute Gasteiger partial charge is 0.453 e. The van der Waals surface area contributed by atoms with Crippen LogP contribution in [-0.4, -0.2) is 55.8 Å². The van der Waals surface area contributed by atoms with Gasteiger partial charge in [0, 0.05) is 37.1 Å². The third-order valence-corrected chi connectivity index (χ3v) is 8.62. The quantitative estimate of drug-likeness (QED) is 0.233. The Morgan fingerprint density at radius 2 is 1.93 bits per heavy atom. The Labute approximate surface area is 258 Å². The van der Waals surface area contributed by atoms with Crippen molar-refractivity contribution in [3.8, 4) is 0 Å². The summed E-state index contributed by atoms with van der Waals surface area (Å²) in [7, 11) is 3.09. The Balaban J connectivity index is 1.66. The molecule has 1 saturated heterocycles. The van der Waals surface area contributed by atoms with E-state index in [1.54, 1.807) is 18.0 Å². The monoisotopic (exact) mass is 609 g/mol. The standard InChI is InChI=1S/C34H41ClFN3O4/c1-23-8-4-9-24(18-23)19-28-29(11-5-12-30(28)35)34(42,15-7-16-38-33(41)43-3)26-10-6-17-39(22-26)32(40)27-14-13-25(21-37-2)20-31(27)36/h4-5,8-9,11-14,18,20,26,37,42H,6-7,10,15-17,19,21-22H2,1-3H3,(H,38,41)/t26-,34?/m1/s1. The zero-order valence-electron chi connectivity index (χ0n) is 25.1. The van der Waals surface area contributed by atoms with E-state index in [-0.39, 0.29) is 23.9 Å². The lowest BCUT2D eigenvalue weighted by molar-refractivity contribution is -0.0573. The highest BCUT2D eigenvalue weighted by molar-refractivity contribution is 6.31. The van der Waals surface area contributed by atoms with Crippen molar-refractivity contribution in [3.05, 3.63) is 105 Å². The van der Waals surface area contributed by atoms with E-state index < -0.39 is 17.5 Å². The molecule has 1 aliphatic rings. The van der Waals surface area contributed by atoms with Gasteiger partial charge in [-0.15, -0.1) is 0 Å². The number of piperidine rings is 1. The molecule has 3 aromatic rings. The summed E-state index contributed by atoms with van der Waals surface area (Å²) < 4.78 is 19.7. The third-order valence-electron chi connectivity index (χ3n) is 8.27. The molecular formula is C34H41ClFN3O4. The molecule has 1 heterocycles. The molecule has 1 aliphatic heterocycles. The number of aliphatic hydroxyl groups is 1. The molecule has 2 atom stereocenters. The Morgan fingerprint density at radius 3 is 2.65 bits per heavy atom. The van der Waals surface area contributed by atoms with Crippen LogP contribution in [0.25, 0.3) is 0 Å². The number of methoxy groups -OCH3 is 1. The number of carbonyl (C=O) groups is 2. The van der Waals surface area contributed by atoms with Crippen molar-refractivity contribution in [1.82, 2.24) is 15.5 Å². The van der Waals surface area contributed by atoms with Crippen LogP contribution in [0.15, 0.2) is 60.7 Å². The predicted octanol–water partition coefficient (Wildman–Crippen LogP) is 5.97. The van der Waals surface area contributed by atoms with Gasteiger partial charge in [-0.25, -0.2) is 9.18 Å². The molecular weight excluding hydrogens is 569 g/mol. The first-order valence-corrected chi connectivity index (χ1v) is 15.1. The lowest BCUT2D eigenvalue weighted by Crippen LogP contribution is -2.49. The maximum Gasteiger partial charge on any atom is 0.406 e. The number of rotatable bonds is 11. The van der Waals surface area contributed by atoms with Crippen LogP contribution < -0.4 is 10.6 Å². The van der Waals surface area contributed by atoms with Crippen LogP contribution in [0.5, 0.6) is 0 Å². The molecule has 0 radical (unpaired) electrons. The second-order valence-corrected chi connectivity index (χ2v) is 11.7. The van der Waals surface area contributed by atoms with E-state index in [1.807, 2.05) is 43.3 Å². The summed E-state index contributed by atoms with van der Waals surface area (Å²) in [6.45, 7) is 3.57. The van der Waals surface area contributed by atoms with Gasteiger partial charge in [0.2, 0.25) is 0 Å². The number of hydrogen-bond acceptors (Lipinski definition) is 5. The second-order valence-electron chi connectivity index (χ2n) is 11.3. The number of aryl methyl sites for hydroxylation is 1. The molecule has 43 heavy (non-hydrogen) atoms. The Morgan fingerprint density at radius 1 is 1.14 bits per heavy atom. The molecule has 3 N–H and O–H groups in total. The minimum Gasteiger partial charge on any atom is -0.453 e. The van der Waals surface area contributed by atoms with Crippen molar-refractivity contribution in [2.24, 2.45) is 5.92 Å². The van der Waals surface area contributed by atoms with Crippen molar-refractivity contribution < 1.29 is 23.8 Å². The number of benzene rings is 3. The van der Waals surface area contributed by atoms with Gasteiger partial charge >= 0.3 is 6.09 Å². The Bertz CT molecular complexity index is 1430. The molecule has 3 aromatic carbocycles. The van der Waals surface area contributed by atoms with Crippen molar-refractivity contribution in [3.63, 3.8) is 0 Å². The molecule has 0 saturated carbocycles. The fourth-order valence-electron chi connectivity index (χ4n) is 6.12. The van der Waals surface area contributed by atoms with Crippen LogP contribution in [0.4, 0.5) is 9.18 Å². The maximum absolute atomic E-state index is 15.0. The van der Waals surface area contributed by atoms with Crippen LogP contribution in [0.2, 0.25) is 5.02 Å². The third kappa shape index (κ3) is 7.93. The highest BCUT2D eigenvalue weighted by Crippen LogP contribution is 2.43. The smallest absolute Gasteiger partial charge is 0.406 e. The summed E-state index contributed by atoms with van der Waals surface area (Å²) in [5.74, 6) is -1.29. The normalized spacial score (nSPS) is 16.4. The highest BCUT2D eigenvalue weighted by atomic mass is 35.5. The fourth-order valence-corrected chi connectivity index (χ4v) is 6.36. The van der Waals surface area contributed by atoms with Gasteiger partial charge in [-0.1, -0.05) is 59.6 Å². The van der Waals surface area contributed by atoms with Gasteiger partial charge in [0.15, 0.2) is 0 Å². The molecule has 9 heteroatoms. The molecule has 0 spiro atoms. The SMILES string of the molecule is CNCc1ccc(C(=O)N2CCC[C@@H](C(O)(CCCNC(=O)OC)c3cccc(Cl)c3Cc3cccc(C)c3)C2)c(F)c1. The van der Waals surface area contributed by atoms with Crippen LogP contribution in [-0.2, 0) is 23.3 Å². The number of halogens is 2. The van der Waals surface area contributed by atoms with Crippen LogP contribution in [0, 0.1) is 18.7 Å². The van der Waals surface area contributed by atoms with Gasteiger partial charge in [-0.2, -0.15) is 0 Å². The number of carbonyl (C=O) groups excluding carboxylic acids is 2. The van der Waals surface area contributed by atoms with E-state index in [9.17, 15) is 14.7 Å². The van der Waals surface area contributed by atoms with E-state index in [2.05, 4.69) is 16.7 Å². The van der Waals surface area contributed by atoms with Gasteiger partial charge in [0.25, 0.3) is 5.91 Å². The number of likely N-dealkylation sites (tertiary alicyclic amines) is 1. The van der Waals surface area contributed by atoms with Gasteiger partial charge in [0.05, 0.1) is 18.3 Å². The first-order valence-electron chi connectivity index (χ1n) is 14.8. The average Bonchev–Trinajstić information content (AvgIpc) is 3.00. The van der Waals surface area contributed by atoms with Crippen molar-refractivity contribution in [1.29, 1.82) is 0 Å². The number of nitrogens with zero attached hydrogens (tertiary/aromatic N) is 1. The van der Waals surface area contributed by atoms with E-state index in [4.69, 9.17) is 16.3 Å². The Hall–Kier alpha value is -3.46. The van der Waals surface area contributed by atoms with Crippen molar-refractivity contribution >= 4 is 23.6 Å². The minimum absolute atomic E-state index is 0.0224. The molecule has 230 valence electrons. The summed E-state index contributed by atoms with van der Waals surface area (Å²) in [6, 6.07) is 18.4. The van der Waals surface area contributed by atoms with Gasteiger partial charge in [0.1, 0.15) is 5.82 Å². The first-order chi connectivity index (χ1) is 20.7. The lowest BCUT2D eigenvalue weighted by Gasteiger charge is -2.44. The summed E-state index contributed by atoms with van der Waals surface area (Å²) >= 11 is 6.80. The summed E-state index contributed by atoms with van der Waals surface area (Å²) in [5.41, 5.74) is 3.15. The predicted molar refractivity (Wildman–Crippen MR) is 167 cm³/mol. The summed E-state index contributed by atoms with van der Waals surface area (Å²) in [5, 5.41) is 18.9. The topological polar surface area (TPSA) is 90.9 Å². The van der Waals surface area contributed by atoms with Gasteiger partial charge < -0.3 is 25.4 Å². The molecule has 4 rings (SSSR count). The molecule has 1 unspecified atom stereocenters.